The van der Waals surface area contributed by atoms with E-state index >= 15 is 0 Å². The van der Waals surface area contributed by atoms with E-state index in [0.29, 0.717) is 6.04 Å². The average Bonchev–Trinajstić information content (AvgIpc) is 2.82. The third-order valence-corrected chi connectivity index (χ3v) is 5.05. The van der Waals surface area contributed by atoms with Crippen LogP contribution in [0.5, 0.6) is 0 Å². The third kappa shape index (κ3) is 2.21. The second kappa shape index (κ2) is 5.41. The Balaban J connectivity index is 2.14. The molecule has 0 bridgehead atoms. The molecule has 3 rings (SSSR count). The van der Waals surface area contributed by atoms with Crippen LogP contribution < -0.4 is 0 Å². The molecule has 0 spiro atoms. The monoisotopic (exact) mass is 300 g/mol. The minimum Gasteiger partial charge on any atom is -0.481 e. The van der Waals surface area contributed by atoms with Crippen LogP contribution in [0.1, 0.15) is 63.4 Å². The second-order valence-corrected chi connectivity index (χ2v) is 6.77. The van der Waals surface area contributed by atoms with Gasteiger partial charge in [-0.3, -0.25) is 4.79 Å². The lowest BCUT2D eigenvalue weighted by atomic mass is 9.69. The molecular formula is C18H24N2O2. The van der Waals surface area contributed by atoms with Gasteiger partial charge in [0.2, 0.25) is 0 Å². The van der Waals surface area contributed by atoms with Crippen molar-refractivity contribution in [3.8, 4) is 0 Å². The van der Waals surface area contributed by atoms with Crippen LogP contribution in [0.2, 0.25) is 0 Å². The molecule has 1 fully saturated rings. The maximum Gasteiger partial charge on any atom is 0.314 e. The molecule has 22 heavy (non-hydrogen) atoms. The Morgan fingerprint density at radius 3 is 2.55 bits per heavy atom. The standard InChI is InChI=1S/C18H24N2O2/c1-12(2)20-13(3)19-15-11-14(7-8-16(15)20)18(17(21)22)9-5-4-6-10-18/h7-8,11-12H,4-6,9-10H2,1-3H3,(H,21,22). The van der Waals surface area contributed by atoms with Gasteiger partial charge >= 0.3 is 5.97 Å². The quantitative estimate of drug-likeness (QED) is 0.923. The van der Waals surface area contributed by atoms with Crippen molar-refractivity contribution in [1.29, 1.82) is 0 Å². The number of carboxylic acid groups (broad SMARTS) is 1. The van der Waals surface area contributed by atoms with Crippen molar-refractivity contribution in [2.45, 2.75) is 64.3 Å². The molecule has 1 aromatic heterocycles. The van der Waals surface area contributed by atoms with E-state index in [0.717, 1.165) is 54.5 Å². The van der Waals surface area contributed by atoms with Gasteiger partial charge < -0.3 is 9.67 Å². The van der Waals surface area contributed by atoms with E-state index in [1.165, 1.54) is 0 Å². The number of imidazole rings is 1. The molecule has 1 N–H and O–H groups in total. The van der Waals surface area contributed by atoms with E-state index in [1.54, 1.807) is 0 Å². The van der Waals surface area contributed by atoms with E-state index in [4.69, 9.17) is 0 Å². The first kappa shape index (κ1) is 15.1. The first-order chi connectivity index (χ1) is 10.5. The summed E-state index contributed by atoms with van der Waals surface area (Å²) in [6.07, 6.45) is 4.58. The molecule has 2 aromatic rings. The number of hydrogen-bond acceptors (Lipinski definition) is 2. The first-order valence-electron chi connectivity index (χ1n) is 8.18. The highest BCUT2D eigenvalue weighted by Gasteiger charge is 2.41. The van der Waals surface area contributed by atoms with Gasteiger partial charge in [-0.25, -0.2) is 4.98 Å². The SMILES string of the molecule is Cc1nc2cc(C3(C(=O)O)CCCCC3)ccc2n1C(C)C. The Morgan fingerprint density at radius 1 is 1.27 bits per heavy atom. The predicted molar refractivity (Wildman–Crippen MR) is 87.3 cm³/mol. The Hall–Kier alpha value is -1.84. The maximum atomic E-state index is 12.0. The number of carboxylic acids is 1. The van der Waals surface area contributed by atoms with E-state index < -0.39 is 11.4 Å². The van der Waals surface area contributed by atoms with Crippen LogP contribution in [0.3, 0.4) is 0 Å². The van der Waals surface area contributed by atoms with E-state index in [-0.39, 0.29) is 0 Å². The van der Waals surface area contributed by atoms with Crippen molar-refractivity contribution in [1.82, 2.24) is 9.55 Å². The molecule has 0 unspecified atom stereocenters. The second-order valence-electron chi connectivity index (χ2n) is 6.77. The molecule has 0 radical (unpaired) electrons. The molecule has 0 aliphatic heterocycles. The number of aryl methyl sites for hydroxylation is 1. The molecule has 0 atom stereocenters. The van der Waals surface area contributed by atoms with Crippen molar-refractivity contribution in [3.05, 3.63) is 29.6 Å². The number of carbonyl (C=O) groups is 1. The summed E-state index contributed by atoms with van der Waals surface area (Å²) in [6.45, 7) is 6.29. The van der Waals surface area contributed by atoms with Gasteiger partial charge in [-0.2, -0.15) is 0 Å². The molecule has 1 aliphatic carbocycles. The van der Waals surface area contributed by atoms with Gasteiger partial charge in [-0.15, -0.1) is 0 Å². The largest absolute Gasteiger partial charge is 0.481 e. The zero-order valence-electron chi connectivity index (χ0n) is 13.6. The molecule has 4 nitrogen and oxygen atoms in total. The molecule has 1 aliphatic rings. The summed E-state index contributed by atoms with van der Waals surface area (Å²) in [7, 11) is 0. The van der Waals surface area contributed by atoms with Crippen molar-refractivity contribution in [3.63, 3.8) is 0 Å². The summed E-state index contributed by atoms with van der Waals surface area (Å²) in [6, 6.07) is 6.39. The molecule has 4 heteroatoms. The Bertz CT molecular complexity index is 709. The summed E-state index contributed by atoms with van der Waals surface area (Å²) in [5.74, 6) is 0.293. The molecular weight excluding hydrogens is 276 g/mol. The van der Waals surface area contributed by atoms with Gasteiger partial charge in [0, 0.05) is 6.04 Å². The third-order valence-electron chi connectivity index (χ3n) is 5.05. The van der Waals surface area contributed by atoms with Crippen LogP contribution in [0.25, 0.3) is 11.0 Å². The van der Waals surface area contributed by atoms with Crippen molar-refractivity contribution >= 4 is 17.0 Å². The first-order valence-corrected chi connectivity index (χ1v) is 8.18. The van der Waals surface area contributed by atoms with Gasteiger partial charge in [0.05, 0.1) is 16.4 Å². The van der Waals surface area contributed by atoms with Crippen molar-refractivity contribution in [2.24, 2.45) is 0 Å². The molecule has 118 valence electrons. The minimum atomic E-state index is -0.720. The average molecular weight is 300 g/mol. The van der Waals surface area contributed by atoms with Crippen LogP contribution in [-0.4, -0.2) is 20.6 Å². The Labute approximate surface area is 131 Å². The van der Waals surface area contributed by atoms with Crippen molar-refractivity contribution < 1.29 is 9.90 Å². The fourth-order valence-electron chi connectivity index (χ4n) is 3.95. The smallest absolute Gasteiger partial charge is 0.314 e. The number of benzene rings is 1. The van der Waals surface area contributed by atoms with Crippen LogP contribution in [0, 0.1) is 6.92 Å². The molecule has 0 saturated heterocycles. The van der Waals surface area contributed by atoms with Crippen LogP contribution in [0.15, 0.2) is 18.2 Å². The number of fused-ring (bicyclic) bond motifs is 1. The normalized spacial score (nSPS) is 18.0. The lowest BCUT2D eigenvalue weighted by Crippen LogP contribution is -2.37. The summed E-state index contributed by atoms with van der Waals surface area (Å²) in [5.41, 5.74) is 2.20. The van der Waals surface area contributed by atoms with Crippen LogP contribution >= 0.6 is 0 Å². The fourth-order valence-corrected chi connectivity index (χ4v) is 3.95. The number of aromatic nitrogens is 2. The highest BCUT2D eigenvalue weighted by atomic mass is 16.4. The van der Waals surface area contributed by atoms with Gasteiger partial charge in [0.15, 0.2) is 0 Å². The zero-order valence-corrected chi connectivity index (χ0v) is 13.6. The van der Waals surface area contributed by atoms with Crippen molar-refractivity contribution in [2.75, 3.05) is 0 Å². The molecule has 1 saturated carbocycles. The summed E-state index contributed by atoms with van der Waals surface area (Å²) < 4.78 is 2.20. The fraction of sp³-hybridized carbons (Fsp3) is 0.556. The predicted octanol–water partition coefficient (Wildman–Crippen LogP) is 4.21. The molecule has 0 amide bonds. The number of hydrogen-bond donors (Lipinski definition) is 1. The molecule has 1 heterocycles. The number of aliphatic carboxylic acids is 1. The number of nitrogens with zero attached hydrogens (tertiary/aromatic N) is 2. The highest BCUT2D eigenvalue weighted by molar-refractivity contribution is 5.85. The van der Waals surface area contributed by atoms with Gasteiger partial charge in [-0.05, 0) is 51.3 Å². The van der Waals surface area contributed by atoms with Gasteiger partial charge in [0.25, 0.3) is 0 Å². The zero-order chi connectivity index (χ0) is 15.9. The van der Waals surface area contributed by atoms with Crippen LogP contribution in [0.4, 0.5) is 0 Å². The maximum absolute atomic E-state index is 12.0. The van der Waals surface area contributed by atoms with E-state index in [1.807, 2.05) is 25.1 Å². The molecule has 1 aromatic carbocycles. The van der Waals surface area contributed by atoms with Gasteiger partial charge in [-0.1, -0.05) is 25.3 Å². The van der Waals surface area contributed by atoms with Crippen LogP contribution in [-0.2, 0) is 10.2 Å². The van der Waals surface area contributed by atoms with E-state index in [9.17, 15) is 9.90 Å². The Morgan fingerprint density at radius 2 is 1.95 bits per heavy atom. The van der Waals surface area contributed by atoms with E-state index in [2.05, 4.69) is 23.4 Å². The highest BCUT2D eigenvalue weighted by Crippen LogP contribution is 2.40. The Kier molecular flexibility index (Phi) is 3.71. The summed E-state index contributed by atoms with van der Waals surface area (Å²) in [5, 5.41) is 9.84. The lowest BCUT2D eigenvalue weighted by molar-refractivity contribution is -0.145. The summed E-state index contributed by atoms with van der Waals surface area (Å²) in [4.78, 5) is 16.6. The lowest BCUT2D eigenvalue weighted by Gasteiger charge is -2.33. The number of rotatable bonds is 3. The van der Waals surface area contributed by atoms with Gasteiger partial charge in [0.1, 0.15) is 5.82 Å². The summed E-state index contributed by atoms with van der Waals surface area (Å²) >= 11 is 0. The topological polar surface area (TPSA) is 55.1 Å². The minimum absolute atomic E-state index is 0.346.